The Labute approximate surface area is 143 Å². The summed E-state index contributed by atoms with van der Waals surface area (Å²) in [6.07, 6.45) is 2.94. The molecular formula is C16H17N5O4. The smallest absolute Gasteiger partial charge is 0.339 e. The average Bonchev–Trinajstić information content (AvgIpc) is 2.65. The van der Waals surface area contributed by atoms with E-state index in [0.717, 1.165) is 0 Å². The monoisotopic (exact) mass is 343 g/mol. The largest absolute Gasteiger partial charge is 0.488 e. The number of amides is 1. The molecule has 0 aliphatic carbocycles. The number of hydrogen-bond acceptors (Lipinski definition) is 7. The molecule has 0 radical (unpaired) electrons. The van der Waals surface area contributed by atoms with Crippen molar-refractivity contribution >= 4 is 23.5 Å². The van der Waals surface area contributed by atoms with Gasteiger partial charge in [0.2, 0.25) is 0 Å². The first-order chi connectivity index (χ1) is 12.0. The summed E-state index contributed by atoms with van der Waals surface area (Å²) in [6.45, 7) is 0.929. The zero-order valence-electron chi connectivity index (χ0n) is 13.8. The van der Waals surface area contributed by atoms with Crippen LogP contribution in [0.2, 0.25) is 0 Å². The lowest BCUT2D eigenvalue weighted by Gasteiger charge is -2.30. The number of methoxy groups -OCH3 is 1. The second kappa shape index (κ2) is 6.63. The maximum absolute atomic E-state index is 11.7. The van der Waals surface area contributed by atoms with Crippen LogP contribution in [0.3, 0.4) is 0 Å². The molecule has 9 nitrogen and oxygen atoms in total. The van der Waals surface area contributed by atoms with Crippen LogP contribution in [-0.4, -0.2) is 48.9 Å². The first-order valence-electron chi connectivity index (χ1n) is 7.53. The van der Waals surface area contributed by atoms with Crippen LogP contribution in [-0.2, 0) is 4.74 Å². The average molecular weight is 343 g/mol. The Morgan fingerprint density at radius 3 is 2.88 bits per heavy atom. The highest BCUT2D eigenvalue weighted by Gasteiger charge is 2.23. The Morgan fingerprint density at radius 1 is 1.40 bits per heavy atom. The quantitative estimate of drug-likeness (QED) is 0.783. The van der Waals surface area contributed by atoms with Gasteiger partial charge < -0.3 is 19.7 Å². The zero-order valence-corrected chi connectivity index (χ0v) is 13.8. The van der Waals surface area contributed by atoms with Gasteiger partial charge in [-0.15, -0.1) is 0 Å². The molecule has 9 heteroatoms. The van der Waals surface area contributed by atoms with Gasteiger partial charge in [-0.1, -0.05) is 0 Å². The van der Waals surface area contributed by atoms with Crippen LogP contribution in [0.5, 0.6) is 5.75 Å². The van der Waals surface area contributed by atoms with E-state index in [-0.39, 0.29) is 11.5 Å². The molecule has 1 aliphatic heterocycles. The normalized spacial score (nSPS) is 12.8. The van der Waals surface area contributed by atoms with Gasteiger partial charge in [0.15, 0.2) is 11.6 Å². The number of carbonyl (C=O) groups is 2. The van der Waals surface area contributed by atoms with Crippen LogP contribution in [0.4, 0.5) is 16.3 Å². The zero-order chi connectivity index (χ0) is 18.0. The summed E-state index contributed by atoms with van der Waals surface area (Å²) in [5.74, 6) is 0.510. The second-order valence-corrected chi connectivity index (χ2v) is 5.23. The molecule has 2 N–H and O–H groups in total. The molecule has 0 aromatic carbocycles. The second-order valence-electron chi connectivity index (χ2n) is 5.23. The third-order valence-electron chi connectivity index (χ3n) is 3.76. The molecule has 1 amide bonds. The van der Waals surface area contributed by atoms with E-state index in [9.17, 15) is 9.59 Å². The van der Waals surface area contributed by atoms with Crippen LogP contribution in [0.15, 0.2) is 30.6 Å². The minimum Gasteiger partial charge on any atom is -0.488 e. The van der Waals surface area contributed by atoms with Crippen molar-refractivity contribution in [2.24, 2.45) is 0 Å². The number of ether oxygens (including phenoxy) is 2. The van der Waals surface area contributed by atoms with Crippen molar-refractivity contribution in [1.82, 2.24) is 14.9 Å². The SMILES string of the molecule is CNC(=O)n1ccc(N2CCOc3cc(C(=O)OC)cnc32)cc1=N. The van der Waals surface area contributed by atoms with Crippen molar-refractivity contribution in [1.29, 1.82) is 5.41 Å². The number of anilines is 2. The standard InChI is InChI=1S/C16H17N5O4/c1-18-16(23)21-4-3-11(8-13(21)17)20-5-6-25-12-7-10(15(22)24-2)9-19-14(12)20/h3-4,7-9,17H,5-6H2,1-2H3,(H,18,23). The first-order valence-corrected chi connectivity index (χ1v) is 7.53. The molecule has 1 aliphatic rings. The first kappa shape index (κ1) is 16.5. The number of carbonyl (C=O) groups excluding carboxylic acids is 2. The molecule has 0 saturated carbocycles. The van der Waals surface area contributed by atoms with E-state index in [0.29, 0.717) is 36.0 Å². The molecule has 0 unspecified atom stereocenters. The van der Waals surface area contributed by atoms with Crippen LogP contribution < -0.4 is 20.4 Å². The molecule has 25 heavy (non-hydrogen) atoms. The number of nitrogens with one attached hydrogen (secondary N) is 2. The molecule has 0 atom stereocenters. The number of nitrogens with zero attached hydrogens (tertiary/aromatic N) is 3. The molecule has 3 heterocycles. The molecule has 130 valence electrons. The van der Waals surface area contributed by atoms with Gasteiger partial charge in [-0.2, -0.15) is 0 Å². The van der Waals surface area contributed by atoms with Crippen molar-refractivity contribution in [3.05, 3.63) is 41.6 Å². The van der Waals surface area contributed by atoms with Crippen molar-refractivity contribution < 1.29 is 19.1 Å². The third kappa shape index (κ3) is 3.03. The minimum atomic E-state index is -0.490. The van der Waals surface area contributed by atoms with Gasteiger partial charge in [0.05, 0.1) is 19.2 Å². The van der Waals surface area contributed by atoms with E-state index in [1.54, 1.807) is 18.2 Å². The summed E-state index contributed by atoms with van der Waals surface area (Å²) in [5, 5.41) is 10.5. The lowest BCUT2D eigenvalue weighted by Crippen LogP contribution is -2.35. The van der Waals surface area contributed by atoms with Gasteiger partial charge in [0, 0.05) is 37.3 Å². The summed E-state index contributed by atoms with van der Waals surface area (Å²) in [6, 6.07) is 4.48. The molecular weight excluding hydrogens is 326 g/mol. The van der Waals surface area contributed by atoms with Gasteiger partial charge in [-0.25, -0.2) is 14.6 Å². The van der Waals surface area contributed by atoms with Crippen LogP contribution in [0, 0.1) is 5.41 Å². The molecule has 3 rings (SSSR count). The molecule has 0 spiro atoms. The lowest BCUT2D eigenvalue weighted by molar-refractivity contribution is 0.0599. The van der Waals surface area contributed by atoms with Gasteiger partial charge in [0.25, 0.3) is 0 Å². The molecule has 2 aromatic heterocycles. The Hall–Kier alpha value is -3.36. The number of aromatic nitrogens is 2. The fraction of sp³-hybridized carbons (Fsp3) is 0.250. The summed E-state index contributed by atoms with van der Waals surface area (Å²) in [5.41, 5.74) is 1.04. The Balaban J connectivity index is 1.98. The predicted octanol–water partition coefficient (Wildman–Crippen LogP) is 0.867. The van der Waals surface area contributed by atoms with E-state index in [2.05, 4.69) is 15.0 Å². The topological polar surface area (TPSA) is 110 Å². The van der Waals surface area contributed by atoms with Crippen LogP contribution >= 0.6 is 0 Å². The number of rotatable bonds is 2. The fourth-order valence-corrected chi connectivity index (χ4v) is 2.53. The molecule has 0 fully saturated rings. The summed E-state index contributed by atoms with van der Waals surface area (Å²) in [4.78, 5) is 29.5. The third-order valence-corrected chi connectivity index (χ3v) is 3.76. The Kier molecular flexibility index (Phi) is 4.38. The number of esters is 1. The van der Waals surface area contributed by atoms with Crippen molar-refractivity contribution in [2.45, 2.75) is 0 Å². The molecule has 0 saturated heterocycles. The summed E-state index contributed by atoms with van der Waals surface area (Å²) >= 11 is 0. The summed E-state index contributed by atoms with van der Waals surface area (Å²) < 4.78 is 11.5. The van der Waals surface area contributed by atoms with Gasteiger partial charge in [-0.3, -0.25) is 9.98 Å². The maximum atomic E-state index is 11.7. The number of fused-ring (bicyclic) bond motifs is 1. The van der Waals surface area contributed by atoms with Crippen molar-refractivity contribution in [2.75, 3.05) is 32.2 Å². The van der Waals surface area contributed by atoms with Gasteiger partial charge in [-0.05, 0) is 6.07 Å². The van der Waals surface area contributed by atoms with Crippen molar-refractivity contribution in [3.63, 3.8) is 0 Å². The predicted molar refractivity (Wildman–Crippen MR) is 88.2 cm³/mol. The van der Waals surface area contributed by atoms with Crippen LogP contribution in [0.25, 0.3) is 0 Å². The minimum absolute atomic E-state index is 0.0380. The van der Waals surface area contributed by atoms with Gasteiger partial charge >= 0.3 is 12.0 Å². The lowest BCUT2D eigenvalue weighted by atomic mass is 10.2. The molecule has 2 aromatic rings. The van der Waals surface area contributed by atoms with E-state index >= 15 is 0 Å². The highest BCUT2D eigenvalue weighted by Crippen LogP contribution is 2.34. The van der Waals surface area contributed by atoms with E-state index in [4.69, 9.17) is 10.1 Å². The summed E-state index contributed by atoms with van der Waals surface area (Å²) in [7, 11) is 2.81. The molecule has 0 bridgehead atoms. The van der Waals surface area contributed by atoms with Crippen molar-refractivity contribution in [3.8, 4) is 5.75 Å². The maximum Gasteiger partial charge on any atom is 0.339 e. The van der Waals surface area contributed by atoms with Gasteiger partial charge in [0.1, 0.15) is 12.1 Å². The van der Waals surface area contributed by atoms with E-state index in [1.165, 1.54) is 31.1 Å². The fourth-order valence-electron chi connectivity index (χ4n) is 2.53. The Bertz CT molecular complexity index is 892. The Morgan fingerprint density at radius 2 is 2.20 bits per heavy atom. The number of hydrogen-bond donors (Lipinski definition) is 2. The highest BCUT2D eigenvalue weighted by molar-refractivity contribution is 5.90. The number of pyridine rings is 2. The van der Waals surface area contributed by atoms with E-state index < -0.39 is 5.97 Å². The van der Waals surface area contributed by atoms with E-state index in [1.807, 2.05) is 4.90 Å². The van der Waals surface area contributed by atoms with Crippen LogP contribution in [0.1, 0.15) is 10.4 Å². The highest BCUT2D eigenvalue weighted by atomic mass is 16.5.